The molecule has 80 valence electrons. The summed E-state index contributed by atoms with van der Waals surface area (Å²) in [6, 6.07) is 0. The van der Waals surface area contributed by atoms with Crippen molar-refractivity contribution in [3.05, 3.63) is 22.4 Å². The highest BCUT2D eigenvalue weighted by molar-refractivity contribution is 7.93. The van der Waals surface area contributed by atoms with Crippen LogP contribution in [0.25, 0.3) is 0 Å². The lowest BCUT2D eigenvalue weighted by Gasteiger charge is -2.21. The lowest BCUT2D eigenvalue weighted by atomic mass is 9.93. The van der Waals surface area contributed by atoms with Crippen molar-refractivity contribution in [3.8, 4) is 0 Å². The number of sulfone groups is 1. The summed E-state index contributed by atoms with van der Waals surface area (Å²) in [5.74, 6) is -0.134. The zero-order chi connectivity index (χ0) is 11.0. The highest BCUT2D eigenvalue weighted by Crippen LogP contribution is 2.37. The van der Waals surface area contributed by atoms with Crippen molar-refractivity contribution >= 4 is 9.84 Å². The molecule has 1 heterocycles. The Morgan fingerprint density at radius 3 is 2.43 bits per heavy atom. The minimum absolute atomic E-state index is 0.118. The van der Waals surface area contributed by atoms with Crippen LogP contribution in [-0.2, 0) is 9.84 Å². The number of hydrogen-bond acceptors (Lipinski definition) is 4. The van der Waals surface area contributed by atoms with Gasteiger partial charge in [0.2, 0.25) is 6.20 Å². The molecule has 6 heteroatoms. The first kappa shape index (κ1) is 11.2. The third-order valence-corrected chi connectivity index (χ3v) is 5.51. The van der Waals surface area contributed by atoms with Gasteiger partial charge in [-0.25, -0.2) is 8.42 Å². The molecular weight excluding hydrogens is 206 g/mol. The second-order valence-corrected chi connectivity index (χ2v) is 6.63. The minimum atomic E-state index is -3.10. The van der Waals surface area contributed by atoms with Gasteiger partial charge in [-0.2, -0.15) is 0 Å². The summed E-state index contributed by atoms with van der Waals surface area (Å²) in [7, 11) is -3.10. The first-order valence-electron chi connectivity index (χ1n) is 4.31. The molecule has 0 aliphatic carbocycles. The maximum absolute atomic E-state index is 11.5. The van der Waals surface area contributed by atoms with Crippen LogP contribution < -0.4 is 0 Å². The van der Waals surface area contributed by atoms with Crippen molar-refractivity contribution in [2.75, 3.05) is 5.75 Å². The van der Waals surface area contributed by atoms with Crippen LogP contribution in [0.2, 0.25) is 0 Å². The van der Waals surface area contributed by atoms with Gasteiger partial charge < -0.3 is 0 Å². The van der Waals surface area contributed by atoms with Crippen LogP contribution in [0.4, 0.5) is 0 Å². The fourth-order valence-corrected chi connectivity index (χ4v) is 3.37. The maximum Gasteiger partial charge on any atom is 0.230 e. The van der Waals surface area contributed by atoms with Crippen LogP contribution in [0.3, 0.4) is 0 Å². The van der Waals surface area contributed by atoms with Crippen molar-refractivity contribution in [1.29, 1.82) is 0 Å². The van der Waals surface area contributed by atoms with Crippen molar-refractivity contribution in [3.63, 3.8) is 0 Å². The van der Waals surface area contributed by atoms with Crippen molar-refractivity contribution < 1.29 is 13.3 Å². The Hall–Kier alpha value is -0.910. The van der Waals surface area contributed by atoms with Gasteiger partial charge in [0.15, 0.2) is 9.84 Å². The first-order valence-corrected chi connectivity index (χ1v) is 5.97. The van der Waals surface area contributed by atoms with Gasteiger partial charge in [-0.05, 0) is 26.3 Å². The average Bonchev–Trinajstić information content (AvgIpc) is 2.20. The van der Waals surface area contributed by atoms with Crippen LogP contribution in [0.5, 0.6) is 0 Å². The molecule has 0 aromatic carbocycles. The van der Waals surface area contributed by atoms with Gasteiger partial charge in [-0.1, -0.05) is 0 Å². The maximum atomic E-state index is 11.5. The Morgan fingerprint density at radius 2 is 2.07 bits per heavy atom. The van der Waals surface area contributed by atoms with E-state index in [1.807, 2.05) is 0 Å². The number of nitro groups is 1. The van der Waals surface area contributed by atoms with Crippen molar-refractivity contribution in [2.24, 2.45) is 5.92 Å². The summed E-state index contributed by atoms with van der Waals surface area (Å²) in [6.45, 7) is 3.23. The van der Waals surface area contributed by atoms with E-state index in [1.54, 1.807) is 13.8 Å². The highest BCUT2D eigenvalue weighted by atomic mass is 32.2. The van der Waals surface area contributed by atoms with E-state index in [2.05, 4.69) is 0 Å². The molecule has 0 N–H and O–H groups in total. The van der Waals surface area contributed by atoms with Crippen LogP contribution >= 0.6 is 0 Å². The Balaban J connectivity index is 2.91. The second-order valence-electron chi connectivity index (χ2n) is 3.94. The monoisotopic (exact) mass is 219 g/mol. The predicted molar refractivity (Wildman–Crippen MR) is 52.1 cm³/mol. The number of hydrogen-bond donors (Lipinski definition) is 0. The van der Waals surface area contributed by atoms with Crippen LogP contribution in [0.1, 0.15) is 20.3 Å². The molecule has 0 aromatic rings. The third kappa shape index (κ3) is 1.79. The van der Waals surface area contributed by atoms with Crippen LogP contribution in [0, 0.1) is 16.0 Å². The molecule has 0 spiro atoms. The van der Waals surface area contributed by atoms with E-state index in [1.165, 1.54) is 6.08 Å². The Morgan fingerprint density at radius 1 is 1.50 bits per heavy atom. The highest BCUT2D eigenvalue weighted by Gasteiger charge is 2.46. The molecule has 5 nitrogen and oxygen atoms in total. The van der Waals surface area contributed by atoms with Crippen molar-refractivity contribution in [2.45, 2.75) is 25.0 Å². The van der Waals surface area contributed by atoms with Crippen LogP contribution in [0.15, 0.2) is 12.3 Å². The first-order chi connectivity index (χ1) is 6.27. The molecule has 1 rings (SSSR count). The second kappa shape index (κ2) is 3.34. The molecule has 14 heavy (non-hydrogen) atoms. The van der Waals surface area contributed by atoms with Gasteiger partial charge in [0.1, 0.15) is 0 Å². The van der Waals surface area contributed by atoms with E-state index in [-0.39, 0.29) is 11.7 Å². The largest absolute Gasteiger partial charge is 0.259 e. The zero-order valence-corrected chi connectivity index (χ0v) is 8.95. The molecule has 0 amide bonds. The zero-order valence-electron chi connectivity index (χ0n) is 8.13. The van der Waals surface area contributed by atoms with Crippen LogP contribution in [-0.4, -0.2) is 23.8 Å². The van der Waals surface area contributed by atoms with Gasteiger partial charge in [-0.15, -0.1) is 0 Å². The standard InChI is InChI=1S/C8H13NO4S/c1-8(2)7(3-5-9(10)11)4-6-14(8,12)13/h3,5,7H,4,6H2,1-2H3/b5-3+. The van der Waals surface area contributed by atoms with E-state index >= 15 is 0 Å². The predicted octanol–water partition coefficient (Wildman–Crippen LogP) is 0.990. The summed E-state index contributed by atoms with van der Waals surface area (Å²) >= 11 is 0. The Bertz CT molecular complexity index is 369. The normalized spacial score (nSPS) is 29.4. The number of nitrogens with zero attached hydrogens (tertiary/aromatic N) is 1. The Labute approximate surface area is 82.9 Å². The third-order valence-electron chi connectivity index (χ3n) is 2.83. The lowest BCUT2D eigenvalue weighted by Crippen LogP contribution is -2.32. The lowest BCUT2D eigenvalue weighted by molar-refractivity contribution is -0.402. The molecule has 0 aromatic heterocycles. The molecule has 1 aliphatic heterocycles. The summed E-state index contributed by atoms with van der Waals surface area (Å²) in [5.41, 5.74) is 0. The summed E-state index contributed by atoms with van der Waals surface area (Å²) < 4.78 is 22.2. The van der Waals surface area contributed by atoms with Gasteiger partial charge in [0.05, 0.1) is 15.4 Å². The van der Waals surface area contributed by atoms with E-state index in [9.17, 15) is 18.5 Å². The fourth-order valence-electron chi connectivity index (χ4n) is 1.63. The molecule has 1 atom stereocenters. The smallest absolute Gasteiger partial charge is 0.230 e. The minimum Gasteiger partial charge on any atom is -0.259 e. The van der Waals surface area contributed by atoms with Gasteiger partial charge in [-0.3, -0.25) is 10.1 Å². The number of rotatable bonds is 2. The van der Waals surface area contributed by atoms with Gasteiger partial charge in [0.25, 0.3) is 0 Å². The molecule has 0 bridgehead atoms. The summed E-state index contributed by atoms with van der Waals surface area (Å²) in [6.07, 6.45) is 2.68. The summed E-state index contributed by atoms with van der Waals surface area (Å²) in [4.78, 5) is 9.53. The molecular formula is C8H13NO4S. The number of allylic oxidation sites excluding steroid dienone is 1. The topological polar surface area (TPSA) is 77.3 Å². The molecule has 1 saturated heterocycles. The van der Waals surface area contributed by atoms with Gasteiger partial charge >= 0.3 is 0 Å². The summed E-state index contributed by atoms with van der Waals surface area (Å²) in [5, 5.41) is 10.1. The molecule has 1 unspecified atom stereocenters. The molecule has 0 saturated carbocycles. The van der Waals surface area contributed by atoms with E-state index in [0.717, 1.165) is 6.20 Å². The Kier molecular flexibility index (Phi) is 2.67. The van der Waals surface area contributed by atoms with E-state index in [4.69, 9.17) is 0 Å². The quantitative estimate of drug-likeness (QED) is 0.512. The molecule has 0 radical (unpaired) electrons. The van der Waals surface area contributed by atoms with Gasteiger partial charge in [0, 0.05) is 5.92 Å². The van der Waals surface area contributed by atoms with E-state index < -0.39 is 19.5 Å². The molecule has 1 aliphatic rings. The fraction of sp³-hybridized carbons (Fsp3) is 0.750. The SMILES string of the molecule is CC1(C)C(/C=C/[N+](=O)[O-])CCS1(=O)=O. The van der Waals surface area contributed by atoms with Crippen molar-refractivity contribution in [1.82, 2.24) is 0 Å². The van der Waals surface area contributed by atoms with E-state index in [0.29, 0.717) is 6.42 Å². The molecule has 1 fully saturated rings. The average molecular weight is 219 g/mol.